The van der Waals surface area contributed by atoms with Crippen LogP contribution in [0.3, 0.4) is 0 Å². The van der Waals surface area contributed by atoms with Gasteiger partial charge in [0.1, 0.15) is 0 Å². The highest BCUT2D eigenvalue weighted by atomic mass is 15.4. The second kappa shape index (κ2) is 6.48. The Labute approximate surface area is 114 Å². The van der Waals surface area contributed by atoms with Crippen LogP contribution in [0.4, 0.5) is 0 Å². The Bertz CT molecular complexity index is 490. The SMILES string of the molecule is CC(C)CNCc1cn(C(C)c2ccccc2)nn1. The van der Waals surface area contributed by atoms with Crippen molar-refractivity contribution >= 4 is 0 Å². The predicted molar refractivity (Wildman–Crippen MR) is 76.8 cm³/mol. The summed E-state index contributed by atoms with van der Waals surface area (Å²) in [5, 5.41) is 11.8. The zero-order chi connectivity index (χ0) is 13.7. The van der Waals surface area contributed by atoms with E-state index in [0.29, 0.717) is 5.92 Å². The van der Waals surface area contributed by atoms with Gasteiger partial charge < -0.3 is 5.32 Å². The van der Waals surface area contributed by atoms with Crippen LogP contribution in [0.2, 0.25) is 0 Å². The summed E-state index contributed by atoms with van der Waals surface area (Å²) < 4.78 is 1.92. The molecule has 1 unspecified atom stereocenters. The Hall–Kier alpha value is -1.68. The van der Waals surface area contributed by atoms with E-state index in [9.17, 15) is 0 Å². The normalized spacial score (nSPS) is 12.8. The maximum Gasteiger partial charge on any atom is 0.0965 e. The highest BCUT2D eigenvalue weighted by molar-refractivity contribution is 5.18. The third-order valence-electron chi connectivity index (χ3n) is 3.10. The first-order valence-corrected chi connectivity index (χ1v) is 6.83. The van der Waals surface area contributed by atoms with Crippen molar-refractivity contribution in [1.29, 1.82) is 0 Å². The summed E-state index contributed by atoms with van der Waals surface area (Å²) in [5.74, 6) is 0.651. The van der Waals surface area contributed by atoms with Crippen molar-refractivity contribution in [3.63, 3.8) is 0 Å². The van der Waals surface area contributed by atoms with Gasteiger partial charge in [0.15, 0.2) is 0 Å². The van der Waals surface area contributed by atoms with Gasteiger partial charge in [-0.3, -0.25) is 0 Å². The van der Waals surface area contributed by atoms with Crippen LogP contribution in [0.1, 0.15) is 38.1 Å². The van der Waals surface area contributed by atoms with Crippen molar-refractivity contribution < 1.29 is 0 Å². The molecule has 2 aromatic rings. The molecule has 1 aromatic heterocycles. The topological polar surface area (TPSA) is 42.7 Å². The van der Waals surface area contributed by atoms with E-state index in [1.54, 1.807) is 0 Å². The van der Waals surface area contributed by atoms with E-state index in [1.807, 2.05) is 29.1 Å². The molecule has 0 aliphatic carbocycles. The number of hydrogen-bond donors (Lipinski definition) is 1. The third-order valence-corrected chi connectivity index (χ3v) is 3.10. The molecule has 2 rings (SSSR count). The van der Waals surface area contributed by atoms with Crippen LogP contribution in [0.15, 0.2) is 36.5 Å². The molecule has 102 valence electrons. The van der Waals surface area contributed by atoms with Gasteiger partial charge >= 0.3 is 0 Å². The van der Waals surface area contributed by atoms with Crippen LogP contribution >= 0.6 is 0 Å². The first kappa shape index (κ1) is 13.7. The van der Waals surface area contributed by atoms with Gasteiger partial charge in [0.25, 0.3) is 0 Å². The third kappa shape index (κ3) is 3.89. The fourth-order valence-electron chi connectivity index (χ4n) is 1.96. The molecule has 4 heteroatoms. The summed E-state index contributed by atoms with van der Waals surface area (Å²) in [5.41, 5.74) is 2.23. The van der Waals surface area contributed by atoms with Gasteiger partial charge in [-0.25, -0.2) is 4.68 Å². The second-order valence-corrected chi connectivity index (χ2v) is 5.30. The lowest BCUT2D eigenvalue weighted by molar-refractivity contribution is 0.542. The summed E-state index contributed by atoms with van der Waals surface area (Å²) >= 11 is 0. The quantitative estimate of drug-likeness (QED) is 0.866. The van der Waals surface area contributed by atoms with Gasteiger partial charge in [0.2, 0.25) is 0 Å². The Balaban J connectivity index is 1.97. The van der Waals surface area contributed by atoms with Gasteiger partial charge in [-0.15, -0.1) is 5.10 Å². The molecular weight excluding hydrogens is 236 g/mol. The lowest BCUT2D eigenvalue weighted by atomic mass is 10.1. The number of hydrogen-bond acceptors (Lipinski definition) is 3. The number of aromatic nitrogens is 3. The lowest BCUT2D eigenvalue weighted by Crippen LogP contribution is -2.19. The standard InChI is InChI=1S/C15H22N4/c1-12(2)9-16-10-15-11-19(18-17-15)13(3)14-7-5-4-6-8-14/h4-8,11-13,16H,9-10H2,1-3H3. The van der Waals surface area contributed by atoms with Crippen molar-refractivity contribution in [3.8, 4) is 0 Å². The van der Waals surface area contributed by atoms with Gasteiger partial charge in [-0.2, -0.15) is 0 Å². The van der Waals surface area contributed by atoms with Crippen LogP contribution in [-0.2, 0) is 6.54 Å². The molecule has 0 aliphatic rings. The smallest absolute Gasteiger partial charge is 0.0965 e. The van der Waals surface area contributed by atoms with Crippen LogP contribution in [0.25, 0.3) is 0 Å². The number of rotatable bonds is 6. The first-order chi connectivity index (χ1) is 9.16. The van der Waals surface area contributed by atoms with Crippen molar-refractivity contribution in [2.24, 2.45) is 5.92 Å². The molecule has 0 saturated carbocycles. The maximum absolute atomic E-state index is 4.22. The van der Waals surface area contributed by atoms with Crippen molar-refractivity contribution in [2.75, 3.05) is 6.54 Å². The summed E-state index contributed by atoms with van der Waals surface area (Å²) in [6, 6.07) is 10.6. The second-order valence-electron chi connectivity index (χ2n) is 5.30. The van der Waals surface area contributed by atoms with Crippen LogP contribution in [0, 0.1) is 5.92 Å². The minimum atomic E-state index is 0.215. The van der Waals surface area contributed by atoms with E-state index in [1.165, 1.54) is 5.56 Å². The molecule has 0 saturated heterocycles. The van der Waals surface area contributed by atoms with Gasteiger partial charge in [-0.1, -0.05) is 49.4 Å². The number of nitrogens with one attached hydrogen (secondary N) is 1. The summed E-state index contributed by atoms with van der Waals surface area (Å²) in [7, 11) is 0. The Morgan fingerprint density at radius 3 is 2.58 bits per heavy atom. The molecule has 0 aliphatic heterocycles. The molecule has 1 aromatic carbocycles. The number of nitrogens with zero attached hydrogens (tertiary/aromatic N) is 3. The lowest BCUT2D eigenvalue weighted by Gasteiger charge is -2.11. The average Bonchev–Trinajstić information content (AvgIpc) is 2.87. The van der Waals surface area contributed by atoms with E-state index in [-0.39, 0.29) is 6.04 Å². The predicted octanol–water partition coefficient (Wildman–Crippen LogP) is 2.63. The zero-order valence-electron chi connectivity index (χ0n) is 11.9. The molecule has 19 heavy (non-hydrogen) atoms. The average molecular weight is 258 g/mol. The van der Waals surface area contributed by atoms with E-state index in [0.717, 1.165) is 18.8 Å². The van der Waals surface area contributed by atoms with Gasteiger partial charge in [-0.05, 0) is 24.9 Å². The molecule has 0 amide bonds. The molecule has 0 radical (unpaired) electrons. The first-order valence-electron chi connectivity index (χ1n) is 6.83. The molecule has 0 bridgehead atoms. The maximum atomic E-state index is 4.22. The summed E-state index contributed by atoms with van der Waals surface area (Å²) in [6.45, 7) is 8.30. The summed E-state index contributed by atoms with van der Waals surface area (Å²) in [6.07, 6.45) is 2.02. The fourth-order valence-corrected chi connectivity index (χ4v) is 1.96. The van der Waals surface area contributed by atoms with Crippen molar-refractivity contribution in [3.05, 3.63) is 47.8 Å². The molecule has 0 fully saturated rings. The molecule has 1 N–H and O–H groups in total. The van der Waals surface area contributed by atoms with Crippen LogP contribution in [0.5, 0.6) is 0 Å². The molecular formula is C15H22N4. The number of benzene rings is 1. The minimum Gasteiger partial charge on any atom is -0.311 e. The highest BCUT2D eigenvalue weighted by Crippen LogP contribution is 2.16. The van der Waals surface area contributed by atoms with Crippen molar-refractivity contribution in [1.82, 2.24) is 20.3 Å². The molecule has 4 nitrogen and oxygen atoms in total. The fraction of sp³-hybridized carbons (Fsp3) is 0.467. The van der Waals surface area contributed by atoms with Gasteiger partial charge in [0.05, 0.1) is 17.9 Å². The molecule has 0 spiro atoms. The van der Waals surface area contributed by atoms with E-state index >= 15 is 0 Å². The van der Waals surface area contributed by atoms with Crippen LogP contribution in [-0.4, -0.2) is 21.5 Å². The van der Waals surface area contributed by atoms with Crippen molar-refractivity contribution in [2.45, 2.75) is 33.4 Å². The monoisotopic (exact) mass is 258 g/mol. The van der Waals surface area contributed by atoms with Gasteiger partial charge in [0, 0.05) is 6.54 Å². The molecule has 1 atom stereocenters. The Kier molecular flexibility index (Phi) is 4.68. The van der Waals surface area contributed by atoms with Crippen LogP contribution < -0.4 is 5.32 Å². The highest BCUT2D eigenvalue weighted by Gasteiger charge is 2.09. The van der Waals surface area contributed by atoms with E-state index < -0.39 is 0 Å². The zero-order valence-corrected chi connectivity index (χ0v) is 11.9. The van der Waals surface area contributed by atoms with E-state index in [4.69, 9.17) is 0 Å². The van der Waals surface area contributed by atoms with E-state index in [2.05, 4.69) is 48.5 Å². The minimum absolute atomic E-state index is 0.215. The Morgan fingerprint density at radius 2 is 1.89 bits per heavy atom. The Morgan fingerprint density at radius 1 is 1.16 bits per heavy atom. The summed E-state index contributed by atoms with van der Waals surface area (Å²) in [4.78, 5) is 0. The largest absolute Gasteiger partial charge is 0.311 e. The molecule has 1 heterocycles.